The van der Waals surface area contributed by atoms with Gasteiger partial charge in [0.1, 0.15) is 0 Å². The number of amides is 1. The van der Waals surface area contributed by atoms with Crippen LogP contribution in [0.4, 0.5) is 5.69 Å². The van der Waals surface area contributed by atoms with Crippen LogP contribution >= 0.6 is 0 Å². The fraction of sp³-hybridized carbons (Fsp3) is 0.588. The van der Waals surface area contributed by atoms with Gasteiger partial charge in [-0.25, -0.2) is 0 Å². The van der Waals surface area contributed by atoms with Crippen molar-refractivity contribution < 1.29 is 15.0 Å². The highest BCUT2D eigenvalue weighted by Crippen LogP contribution is 2.19. The summed E-state index contributed by atoms with van der Waals surface area (Å²) in [5, 5.41) is 21.5. The van der Waals surface area contributed by atoms with Crippen LogP contribution in [0.1, 0.15) is 32.3 Å². The standard InChI is InChI=1S/C17H28N2O3/c1-13(2)14-6-5-7-15(8-14)18-16(22)9-19(4)10-17(3,11-20)12-21/h5-8,13,20-21H,9-12H2,1-4H3,(H,18,22). The molecule has 0 radical (unpaired) electrons. The summed E-state index contributed by atoms with van der Waals surface area (Å²) in [7, 11) is 1.80. The number of nitrogens with zero attached hydrogens (tertiary/aromatic N) is 1. The number of aliphatic hydroxyl groups is 2. The van der Waals surface area contributed by atoms with Crippen molar-refractivity contribution >= 4 is 11.6 Å². The third-order valence-electron chi connectivity index (χ3n) is 3.67. The summed E-state index contributed by atoms with van der Waals surface area (Å²) in [6.07, 6.45) is 0. The summed E-state index contributed by atoms with van der Waals surface area (Å²) in [5.41, 5.74) is 1.36. The lowest BCUT2D eigenvalue weighted by molar-refractivity contribution is -0.117. The molecule has 0 saturated carbocycles. The minimum absolute atomic E-state index is 0.110. The van der Waals surface area contributed by atoms with Gasteiger partial charge in [0, 0.05) is 17.6 Å². The van der Waals surface area contributed by atoms with Crippen molar-refractivity contribution in [1.29, 1.82) is 0 Å². The lowest BCUT2D eigenvalue weighted by Gasteiger charge is -2.29. The van der Waals surface area contributed by atoms with Gasteiger partial charge in [0.15, 0.2) is 0 Å². The number of rotatable bonds is 8. The van der Waals surface area contributed by atoms with Crippen LogP contribution in [0.25, 0.3) is 0 Å². The number of likely N-dealkylation sites (N-methyl/N-ethyl adjacent to an activating group) is 1. The summed E-state index contributed by atoms with van der Waals surface area (Å²) in [5.74, 6) is 0.302. The van der Waals surface area contributed by atoms with Gasteiger partial charge < -0.3 is 15.5 Å². The summed E-state index contributed by atoms with van der Waals surface area (Å²) in [6.45, 7) is 6.42. The molecule has 124 valence electrons. The SMILES string of the molecule is CC(C)c1cccc(NC(=O)CN(C)CC(C)(CO)CO)c1. The Morgan fingerprint density at radius 3 is 2.50 bits per heavy atom. The van der Waals surface area contributed by atoms with E-state index in [0.717, 1.165) is 5.69 Å². The number of benzene rings is 1. The largest absolute Gasteiger partial charge is 0.396 e. The van der Waals surface area contributed by atoms with Gasteiger partial charge in [-0.3, -0.25) is 9.69 Å². The van der Waals surface area contributed by atoms with Crippen LogP contribution in [0, 0.1) is 5.41 Å². The summed E-state index contributed by atoms with van der Waals surface area (Å²) in [6, 6.07) is 7.83. The first-order chi connectivity index (χ1) is 10.3. The molecule has 0 heterocycles. The normalized spacial score (nSPS) is 12.0. The second-order valence-electron chi connectivity index (χ2n) is 6.63. The number of aliphatic hydroxyl groups excluding tert-OH is 2. The molecule has 1 rings (SSSR count). The van der Waals surface area contributed by atoms with Crippen LogP contribution in [0.3, 0.4) is 0 Å². The minimum Gasteiger partial charge on any atom is -0.396 e. The molecule has 22 heavy (non-hydrogen) atoms. The van der Waals surface area contributed by atoms with Crippen molar-refractivity contribution in [3.8, 4) is 0 Å². The molecule has 1 aromatic carbocycles. The first-order valence-corrected chi connectivity index (χ1v) is 7.60. The summed E-state index contributed by atoms with van der Waals surface area (Å²) >= 11 is 0. The van der Waals surface area contributed by atoms with E-state index in [1.54, 1.807) is 18.9 Å². The van der Waals surface area contributed by atoms with Crippen LogP contribution in [-0.2, 0) is 4.79 Å². The number of nitrogens with one attached hydrogen (secondary N) is 1. The van der Waals surface area contributed by atoms with Gasteiger partial charge in [0.2, 0.25) is 5.91 Å². The Balaban J connectivity index is 2.57. The van der Waals surface area contributed by atoms with Gasteiger partial charge in [0.05, 0.1) is 19.8 Å². The number of anilines is 1. The zero-order chi connectivity index (χ0) is 16.8. The van der Waals surface area contributed by atoms with E-state index in [0.29, 0.717) is 12.5 Å². The van der Waals surface area contributed by atoms with E-state index in [1.807, 2.05) is 24.3 Å². The number of carbonyl (C=O) groups excluding carboxylic acids is 1. The molecule has 1 amide bonds. The Morgan fingerprint density at radius 2 is 1.95 bits per heavy atom. The molecule has 0 unspecified atom stereocenters. The van der Waals surface area contributed by atoms with Crippen LogP contribution in [0.5, 0.6) is 0 Å². The summed E-state index contributed by atoms with van der Waals surface area (Å²) < 4.78 is 0. The minimum atomic E-state index is -0.605. The third-order valence-corrected chi connectivity index (χ3v) is 3.67. The van der Waals surface area contributed by atoms with E-state index in [4.69, 9.17) is 0 Å². The molecule has 0 aliphatic heterocycles. The molecule has 0 aromatic heterocycles. The quantitative estimate of drug-likeness (QED) is 0.683. The maximum absolute atomic E-state index is 12.1. The van der Waals surface area contributed by atoms with Crippen molar-refractivity contribution in [3.05, 3.63) is 29.8 Å². The fourth-order valence-electron chi connectivity index (χ4n) is 2.28. The Bertz CT molecular complexity index is 485. The molecule has 0 aliphatic carbocycles. The lowest BCUT2D eigenvalue weighted by Crippen LogP contribution is -2.41. The van der Waals surface area contributed by atoms with E-state index in [-0.39, 0.29) is 25.7 Å². The Hall–Kier alpha value is -1.43. The molecule has 5 heteroatoms. The lowest BCUT2D eigenvalue weighted by atomic mass is 9.92. The maximum atomic E-state index is 12.1. The zero-order valence-electron chi connectivity index (χ0n) is 14.0. The van der Waals surface area contributed by atoms with Gasteiger partial charge in [-0.15, -0.1) is 0 Å². The van der Waals surface area contributed by atoms with E-state index in [1.165, 1.54) is 5.56 Å². The zero-order valence-corrected chi connectivity index (χ0v) is 14.0. The van der Waals surface area contributed by atoms with Crippen molar-refractivity contribution in [2.24, 2.45) is 5.41 Å². The Labute approximate surface area is 133 Å². The van der Waals surface area contributed by atoms with E-state index >= 15 is 0 Å². The van der Waals surface area contributed by atoms with E-state index < -0.39 is 5.41 Å². The third kappa shape index (κ3) is 5.75. The van der Waals surface area contributed by atoms with Crippen molar-refractivity contribution in [1.82, 2.24) is 4.90 Å². The molecule has 0 spiro atoms. The van der Waals surface area contributed by atoms with Crippen molar-refractivity contribution in [3.63, 3.8) is 0 Å². The predicted octanol–water partition coefficient (Wildman–Crippen LogP) is 1.67. The topological polar surface area (TPSA) is 72.8 Å². The molecule has 0 bridgehead atoms. The number of carbonyl (C=O) groups is 1. The molecular formula is C17H28N2O3. The van der Waals surface area contributed by atoms with Gasteiger partial charge >= 0.3 is 0 Å². The predicted molar refractivity (Wildman–Crippen MR) is 88.9 cm³/mol. The van der Waals surface area contributed by atoms with Crippen LogP contribution in [-0.4, -0.2) is 54.4 Å². The molecule has 0 aliphatic rings. The van der Waals surface area contributed by atoms with Gasteiger partial charge in [0.25, 0.3) is 0 Å². The van der Waals surface area contributed by atoms with Gasteiger partial charge in [-0.05, 0) is 30.7 Å². The van der Waals surface area contributed by atoms with E-state index in [2.05, 4.69) is 19.2 Å². The molecule has 1 aromatic rings. The molecule has 0 atom stereocenters. The average Bonchev–Trinajstić information content (AvgIpc) is 2.46. The molecular weight excluding hydrogens is 280 g/mol. The van der Waals surface area contributed by atoms with Crippen LogP contribution in [0.2, 0.25) is 0 Å². The monoisotopic (exact) mass is 308 g/mol. The van der Waals surface area contributed by atoms with Crippen LogP contribution in [0.15, 0.2) is 24.3 Å². The molecule has 3 N–H and O–H groups in total. The van der Waals surface area contributed by atoms with Crippen LogP contribution < -0.4 is 5.32 Å². The Morgan fingerprint density at radius 1 is 1.32 bits per heavy atom. The average molecular weight is 308 g/mol. The summed E-state index contributed by atoms with van der Waals surface area (Å²) in [4.78, 5) is 13.9. The number of hydrogen-bond donors (Lipinski definition) is 3. The first kappa shape index (κ1) is 18.6. The van der Waals surface area contributed by atoms with E-state index in [9.17, 15) is 15.0 Å². The molecule has 0 fully saturated rings. The second-order valence-corrected chi connectivity index (χ2v) is 6.63. The Kier molecular flexibility index (Phi) is 7.00. The first-order valence-electron chi connectivity index (χ1n) is 7.60. The smallest absolute Gasteiger partial charge is 0.238 e. The maximum Gasteiger partial charge on any atom is 0.238 e. The van der Waals surface area contributed by atoms with Crippen molar-refractivity contribution in [2.75, 3.05) is 38.7 Å². The van der Waals surface area contributed by atoms with Crippen molar-refractivity contribution in [2.45, 2.75) is 26.7 Å². The fourth-order valence-corrected chi connectivity index (χ4v) is 2.28. The highest BCUT2D eigenvalue weighted by atomic mass is 16.3. The highest BCUT2D eigenvalue weighted by molar-refractivity contribution is 5.92. The second kappa shape index (κ2) is 8.27. The molecule has 0 saturated heterocycles. The highest BCUT2D eigenvalue weighted by Gasteiger charge is 2.25. The molecule has 5 nitrogen and oxygen atoms in total. The van der Waals surface area contributed by atoms with Gasteiger partial charge in [-0.2, -0.15) is 0 Å². The van der Waals surface area contributed by atoms with Gasteiger partial charge in [-0.1, -0.05) is 32.9 Å². The number of hydrogen-bond acceptors (Lipinski definition) is 4.